The van der Waals surface area contributed by atoms with Crippen molar-refractivity contribution in [2.45, 2.75) is 32.6 Å². The first kappa shape index (κ1) is 16.9. The van der Waals surface area contributed by atoms with Crippen LogP contribution in [0.15, 0.2) is 52.3 Å². The van der Waals surface area contributed by atoms with Gasteiger partial charge in [-0.3, -0.25) is 4.79 Å². The van der Waals surface area contributed by atoms with Gasteiger partial charge in [0.25, 0.3) is 0 Å². The number of carbonyl (C=O) groups is 1. The van der Waals surface area contributed by atoms with Crippen LogP contribution in [0.2, 0.25) is 0 Å². The molecule has 0 N–H and O–H groups in total. The second-order valence-corrected chi connectivity index (χ2v) is 7.78. The zero-order valence-electron chi connectivity index (χ0n) is 15.3. The van der Waals surface area contributed by atoms with Gasteiger partial charge in [-0.05, 0) is 69.2 Å². The Morgan fingerprint density at radius 2 is 1.77 bits per heavy atom. The quantitative estimate of drug-likeness (QED) is 0.571. The first-order valence-corrected chi connectivity index (χ1v) is 9.44. The number of allylic oxidation sites excluding steroid dienone is 1. The zero-order chi connectivity index (χ0) is 18.4. The van der Waals surface area contributed by atoms with Gasteiger partial charge >= 0.3 is 0 Å². The lowest BCUT2D eigenvalue weighted by Crippen LogP contribution is -2.00. The molecule has 0 saturated carbocycles. The number of rotatable bonds is 2. The summed E-state index contributed by atoms with van der Waals surface area (Å²) in [5, 5.41) is 4.72. The van der Waals surface area contributed by atoms with Gasteiger partial charge in [-0.1, -0.05) is 30.0 Å². The van der Waals surface area contributed by atoms with E-state index in [1.54, 1.807) is 11.8 Å². The molecule has 0 saturated heterocycles. The molecule has 3 nitrogen and oxygen atoms in total. The van der Waals surface area contributed by atoms with E-state index in [-0.39, 0.29) is 5.78 Å². The number of hydrogen-bond acceptors (Lipinski definition) is 3. The highest BCUT2D eigenvalue weighted by Gasteiger charge is 2.26. The Hall–Kier alpha value is -2.59. The van der Waals surface area contributed by atoms with Crippen molar-refractivity contribution in [3.05, 3.63) is 81.0 Å². The molecule has 0 aliphatic carbocycles. The molecule has 0 atom stereocenters. The van der Waals surface area contributed by atoms with E-state index in [2.05, 4.69) is 39.0 Å². The number of aryl methyl sites for hydroxylation is 3. The maximum Gasteiger partial charge on any atom is 0.200 e. The second-order valence-electron chi connectivity index (χ2n) is 6.70. The largest absolute Gasteiger partial charge is 0.288 e. The van der Waals surface area contributed by atoms with Crippen LogP contribution in [0, 0.1) is 27.7 Å². The predicted octanol–water partition coefficient (Wildman–Crippen LogP) is 5.44. The number of carbonyl (C=O) groups excluding carboxylic acids is 1. The minimum atomic E-state index is 0.100. The van der Waals surface area contributed by atoms with E-state index in [4.69, 9.17) is 5.10 Å². The normalized spacial score (nSPS) is 14.9. The molecule has 0 fully saturated rings. The van der Waals surface area contributed by atoms with Crippen molar-refractivity contribution in [2.75, 3.05) is 0 Å². The first-order valence-electron chi connectivity index (χ1n) is 8.63. The molecular formula is C22H20N2OS. The molecule has 4 heteroatoms. The summed E-state index contributed by atoms with van der Waals surface area (Å²) in [5.74, 6) is 0.100. The van der Waals surface area contributed by atoms with Gasteiger partial charge in [0.15, 0.2) is 0 Å². The van der Waals surface area contributed by atoms with Crippen molar-refractivity contribution < 1.29 is 4.79 Å². The lowest BCUT2D eigenvalue weighted by molar-refractivity contribution is 0.104. The van der Waals surface area contributed by atoms with E-state index in [9.17, 15) is 4.79 Å². The molecule has 1 aliphatic heterocycles. The molecule has 0 amide bonds. The van der Waals surface area contributed by atoms with Crippen LogP contribution in [0.3, 0.4) is 0 Å². The third kappa shape index (κ3) is 2.71. The summed E-state index contributed by atoms with van der Waals surface area (Å²) in [6, 6.07) is 14.1. The summed E-state index contributed by atoms with van der Waals surface area (Å²) in [6.07, 6.45) is 1.99. The van der Waals surface area contributed by atoms with E-state index >= 15 is 0 Å². The molecule has 2 heterocycles. The summed E-state index contributed by atoms with van der Waals surface area (Å²) in [7, 11) is 0. The molecule has 1 aliphatic rings. The smallest absolute Gasteiger partial charge is 0.200 e. The molecular weight excluding hydrogens is 340 g/mol. The van der Waals surface area contributed by atoms with Crippen LogP contribution in [0.4, 0.5) is 0 Å². The molecule has 4 rings (SSSR count). The average Bonchev–Trinajstić information content (AvgIpc) is 3.09. The summed E-state index contributed by atoms with van der Waals surface area (Å²) in [6.45, 7) is 8.27. The molecule has 130 valence electrons. The fourth-order valence-electron chi connectivity index (χ4n) is 3.24. The van der Waals surface area contributed by atoms with E-state index in [1.165, 1.54) is 11.1 Å². The van der Waals surface area contributed by atoms with Crippen LogP contribution in [-0.2, 0) is 0 Å². The first-order chi connectivity index (χ1) is 12.5. The van der Waals surface area contributed by atoms with Gasteiger partial charge in [0, 0.05) is 21.7 Å². The topological polar surface area (TPSA) is 34.9 Å². The number of thioether (sulfide) groups is 1. The van der Waals surface area contributed by atoms with E-state index in [0.29, 0.717) is 0 Å². The Bertz CT molecular complexity index is 1080. The van der Waals surface area contributed by atoms with Crippen molar-refractivity contribution in [1.82, 2.24) is 9.78 Å². The standard InChI is InChI=1S/C22H20N2OS/c1-13-9-10-17(11-14(13)2)24-16(4)19(15(3)23-24)12-21-22(25)18-7-5-6-8-20(18)26-21/h5-12H,1-4H3/b21-12-. The molecule has 2 aromatic carbocycles. The summed E-state index contributed by atoms with van der Waals surface area (Å²) < 4.78 is 1.96. The minimum absolute atomic E-state index is 0.100. The van der Waals surface area contributed by atoms with Crippen molar-refractivity contribution >= 4 is 23.6 Å². The van der Waals surface area contributed by atoms with Gasteiger partial charge in [0.05, 0.1) is 16.3 Å². The highest BCUT2D eigenvalue weighted by molar-refractivity contribution is 8.04. The molecule has 1 aromatic heterocycles. The second kappa shape index (κ2) is 6.29. The highest BCUT2D eigenvalue weighted by atomic mass is 32.2. The maximum absolute atomic E-state index is 12.7. The Balaban J connectivity index is 1.76. The third-order valence-corrected chi connectivity index (χ3v) is 6.03. The molecule has 0 spiro atoms. The van der Waals surface area contributed by atoms with Crippen molar-refractivity contribution in [1.29, 1.82) is 0 Å². The van der Waals surface area contributed by atoms with Crippen molar-refractivity contribution in [3.8, 4) is 5.69 Å². The van der Waals surface area contributed by atoms with E-state index < -0.39 is 0 Å². The lowest BCUT2D eigenvalue weighted by atomic mass is 10.1. The number of ketones is 1. The Morgan fingerprint density at radius 1 is 1.00 bits per heavy atom. The van der Waals surface area contributed by atoms with Crippen LogP contribution >= 0.6 is 11.8 Å². The maximum atomic E-state index is 12.7. The number of nitrogens with zero attached hydrogens (tertiary/aromatic N) is 2. The number of benzene rings is 2. The fraction of sp³-hybridized carbons (Fsp3) is 0.182. The van der Waals surface area contributed by atoms with Gasteiger partial charge < -0.3 is 0 Å². The van der Waals surface area contributed by atoms with E-state index in [1.807, 2.05) is 41.9 Å². The molecule has 0 radical (unpaired) electrons. The van der Waals surface area contributed by atoms with E-state index in [0.717, 1.165) is 38.0 Å². The number of Topliss-reactive ketones (excluding diaryl/α,β-unsaturated/α-hetero) is 1. The van der Waals surface area contributed by atoms with Gasteiger partial charge in [-0.25, -0.2) is 4.68 Å². The Morgan fingerprint density at radius 3 is 2.50 bits per heavy atom. The van der Waals surface area contributed by atoms with Gasteiger partial charge in [-0.15, -0.1) is 0 Å². The van der Waals surface area contributed by atoms with Crippen LogP contribution in [0.1, 0.15) is 38.4 Å². The number of fused-ring (bicyclic) bond motifs is 1. The van der Waals surface area contributed by atoms with Gasteiger partial charge in [0.2, 0.25) is 5.78 Å². The van der Waals surface area contributed by atoms with Crippen molar-refractivity contribution in [3.63, 3.8) is 0 Å². The predicted molar refractivity (Wildman–Crippen MR) is 107 cm³/mol. The van der Waals surface area contributed by atoms with Crippen LogP contribution < -0.4 is 0 Å². The van der Waals surface area contributed by atoms with Crippen LogP contribution in [-0.4, -0.2) is 15.6 Å². The fourth-order valence-corrected chi connectivity index (χ4v) is 4.27. The molecule has 0 unspecified atom stereocenters. The monoisotopic (exact) mass is 360 g/mol. The summed E-state index contributed by atoms with van der Waals surface area (Å²) in [5.41, 5.74) is 7.34. The number of aromatic nitrogens is 2. The summed E-state index contributed by atoms with van der Waals surface area (Å²) in [4.78, 5) is 14.5. The van der Waals surface area contributed by atoms with Crippen LogP contribution in [0.5, 0.6) is 0 Å². The molecule has 3 aromatic rings. The summed E-state index contributed by atoms with van der Waals surface area (Å²) >= 11 is 1.54. The zero-order valence-corrected chi connectivity index (χ0v) is 16.1. The average molecular weight is 360 g/mol. The van der Waals surface area contributed by atoms with Gasteiger partial charge in [-0.2, -0.15) is 5.10 Å². The minimum Gasteiger partial charge on any atom is -0.288 e. The highest BCUT2D eigenvalue weighted by Crippen LogP contribution is 2.41. The third-order valence-electron chi connectivity index (χ3n) is 4.93. The van der Waals surface area contributed by atoms with Crippen molar-refractivity contribution in [2.24, 2.45) is 0 Å². The Kier molecular flexibility index (Phi) is 4.08. The molecule has 0 bridgehead atoms. The molecule has 26 heavy (non-hydrogen) atoms. The van der Waals surface area contributed by atoms with Gasteiger partial charge in [0.1, 0.15) is 0 Å². The Labute approximate surface area is 157 Å². The SMILES string of the molecule is Cc1ccc(-n2nc(C)c(/C=C3\Sc4ccccc4C3=O)c2C)cc1C. The number of hydrogen-bond donors (Lipinski definition) is 0. The lowest BCUT2D eigenvalue weighted by Gasteiger charge is -2.07. The van der Waals surface area contributed by atoms with Crippen LogP contribution in [0.25, 0.3) is 11.8 Å².